The minimum atomic E-state index is -4.44. The van der Waals surface area contributed by atoms with E-state index < -0.39 is 29.5 Å². The third-order valence-corrected chi connectivity index (χ3v) is 3.01. The lowest BCUT2D eigenvalue weighted by molar-refractivity contribution is -0.182. The molecule has 1 saturated heterocycles. The highest BCUT2D eigenvalue weighted by Crippen LogP contribution is 2.33. The van der Waals surface area contributed by atoms with E-state index in [2.05, 4.69) is 5.32 Å². The second-order valence-electron chi connectivity index (χ2n) is 5.76. The zero-order valence-electron chi connectivity index (χ0n) is 10.9. The fraction of sp³-hybridized carbons (Fsp3) is 0.917. The molecule has 6 heteroatoms. The van der Waals surface area contributed by atoms with Gasteiger partial charge in [0.15, 0.2) is 0 Å². The SMILES string of the molecule is CC(C)(C)C(NC(=O)C1CCCOC1)C(F)(F)F. The minimum absolute atomic E-state index is 0.209. The molecule has 1 fully saturated rings. The summed E-state index contributed by atoms with van der Waals surface area (Å²) in [5.74, 6) is -1.03. The molecule has 1 rings (SSSR count). The topological polar surface area (TPSA) is 38.3 Å². The van der Waals surface area contributed by atoms with Crippen molar-refractivity contribution in [1.29, 1.82) is 0 Å². The van der Waals surface area contributed by atoms with Crippen LogP contribution in [-0.2, 0) is 9.53 Å². The van der Waals surface area contributed by atoms with E-state index in [1.165, 1.54) is 20.8 Å². The quantitative estimate of drug-likeness (QED) is 0.835. The van der Waals surface area contributed by atoms with Crippen LogP contribution >= 0.6 is 0 Å². The van der Waals surface area contributed by atoms with Crippen molar-refractivity contribution in [2.45, 2.75) is 45.8 Å². The normalized spacial score (nSPS) is 23.6. The molecule has 0 aromatic heterocycles. The molecule has 1 aliphatic heterocycles. The summed E-state index contributed by atoms with van der Waals surface area (Å²) in [6, 6.07) is -1.83. The molecule has 0 bridgehead atoms. The van der Waals surface area contributed by atoms with E-state index >= 15 is 0 Å². The second-order valence-corrected chi connectivity index (χ2v) is 5.76. The van der Waals surface area contributed by atoms with Gasteiger partial charge in [0, 0.05) is 6.61 Å². The fourth-order valence-corrected chi connectivity index (χ4v) is 2.00. The molecule has 1 amide bonds. The molecule has 18 heavy (non-hydrogen) atoms. The monoisotopic (exact) mass is 267 g/mol. The third-order valence-electron chi connectivity index (χ3n) is 3.01. The number of ether oxygens (including phenoxy) is 1. The number of amides is 1. The molecule has 2 unspecified atom stereocenters. The van der Waals surface area contributed by atoms with E-state index in [-0.39, 0.29) is 6.61 Å². The van der Waals surface area contributed by atoms with Crippen LogP contribution in [0.15, 0.2) is 0 Å². The van der Waals surface area contributed by atoms with Gasteiger partial charge in [0.1, 0.15) is 6.04 Å². The van der Waals surface area contributed by atoms with Crippen molar-refractivity contribution < 1.29 is 22.7 Å². The van der Waals surface area contributed by atoms with Crippen molar-refractivity contribution in [3.8, 4) is 0 Å². The lowest BCUT2D eigenvalue weighted by Crippen LogP contribution is -2.55. The van der Waals surface area contributed by atoms with Crippen LogP contribution in [0.2, 0.25) is 0 Å². The molecule has 0 saturated carbocycles. The van der Waals surface area contributed by atoms with Gasteiger partial charge in [-0.1, -0.05) is 20.8 Å². The highest BCUT2D eigenvalue weighted by atomic mass is 19.4. The number of hydrogen-bond donors (Lipinski definition) is 1. The Bertz CT molecular complexity index is 277. The fourth-order valence-electron chi connectivity index (χ4n) is 2.00. The largest absolute Gasteiger partial charge is 0.409 e. The van der Waals surface area contributed by atoms with Crippen LogP contribution in [0.3, 0.4) is 0 Å². The molecule has 0 radical (unpaired) electrons. The summed E-state index contributed by atoms with van der Waals surface area (Å²) >= 11 is 0. The van der Waals surface area contributed by atoms with Gasteiger partial charge in [-0.25, -0.2) is 0 Å². The number of alkyl halides is 3. The highest BCUT2D eigenvalue weighted by Gasteiger charge is 2.48. The molecular formula is C12H20F3NO2. The van der Waals surface area contributed by atoms with Gasteiger partial charge >= 0.3 is 6.18 Å². The van der Waals surface area contributed by atoms with Crippen molar-refractivity contribution >= 4 is 5.91 Å². The average Bonchev–Trinajstić information content (AvgIpc) is 2.23. The van der Waals surface area contributed by atoms with Crippen LogP contribution < -0.4 is 5.32 Å². The summed E-state index contributed by atoms with van der Waals surface area (Å²) in [5.41, 5.74) is -1.07. The number of hydrogen-bond acceptors (Lipinski definition) is 2. The van der Waals surface area contributed by atoms with E-state index in [9.17, 15) is 18.0 Å². The van der Waals surface area contributed by atoms with Gasteiger partial charge < -0.3 is 10.1 Å². The number of rotatable bonds is 2. The maximum absolute atomic E-state index is 12.9. The zero-order valence-corrected chi connectivity index (χ0v) is 10.9. The summed E-state index contributed by atoms with van der Waals surface area (Å²) < 4.78 is 43.8. The van der Waals surface area contributed by atoms with Crippen LogP contribution in [0.1, 0.15) is 33.6 Å². The standard InChI is InChI=1S/C12H20F3NO2/c1-11(2,3)10(12(13,14)15)16-9(17)8-5-4-6-18-7-8/h8,10H,4-7H2,1-3H3,(H,16,17). The Balaban J connectivity index is 2.69. The number of halogens is 3. The summed E-state index contributed by atoms with van der Waals surface area (Å²) in [7, 11) is 0. The molecule has 1 aliphatic rings. The zero-order chi connectivity index (χ0) is 14.0. The van der Waals surface area contributed by atoms with Gasteiger partial charge in [0.25, 0.3) is 0 Å². The Kier molecular flexibility index (Phi) is 4.64. The molecule has 0 spiro atoms. The maximum Gasteiger partial charge on any atom is 0.409 e. The smallest absolute Gasteiger partial charge is 0.381 e. The predicted molar refractivity (Wildman–Crippen MR) is 61.0 cm³/mol. The molecule has 1 heterocycles. The van der Waals surface area contributed by atoms with Crippen LogP contribution in [0, 0.1) is 11.3 Å². The first-order chi connectivity index (χ1) is 8.12. The molecule has 106 valence electrons. The first-order valence-electron chi connectivity index (χ1n) is 6.07. The molecule has 0 aromatic carbocycles. The number of nitrogens with one attached hydrogen (secondary N) is 1. The summed E-state index contributed by atoms with van der Waals surface area (Å²) in [6.45, 7) is 5.17. The van der Waals surface area contributed by atoms with Gasteiger partial charge in [0.2, 0.25) is 5.91 Å². The second kappa shape index (κ2) is 5.47. The minimum Gasteiger partial charge on any atom is -0.381 e. The summed E-state index contributed by atoms with van der Waals surface area (Å²) in [4.78, 5) is 11.8. The van der Waals surface area contributed by atoms with E-state index in [0.717, 1.165) is 0 Å². The molecule has 1 N–H and O–H groups in total. The maximum atomic E-state index is 12.9. The van der Waals surface area contributed by atoms with E-state index in [1.54, 1.807) is 0 Å². The van der Waals surface area contributed by atoms with Gasteiger partial charge in [-0.05, 0) is 18.3 Å². The Morgan fingerprint density at radius 1 is 1.33 bits per heavy atom. The van der Waals surface area contributed by atoms with Gasteiger partial charge in [-0.3, -0.25) is 4.79 Å². The van der Waals surface area contributed by atoms with E-state index in [0.29, 0.717) is 19.4 Å². The van der Waals surface area contributed by atoms with Crippen molar-refractivity contribution in [3.05, 3.63) is 0 Å². The van der Waals surface area contributed by atoms with Crippen LogP contribution in [0.5, 0.6) is 0 Å². The number of carbonyl (C=O) groups is 1. The summed E-state index contributed by atoms with van der Waals surface area (Å²) in [6.07, 6.45) is -3.14. The lowest BCUT2D eigenvalue weighted by Gasteiger charge is -2.34. The van der Waals surface area contributed by atoms with E-state index in [4.69, 9.17) is 4.74 Å². The van der Waals surface area contributed by atoms with Crippen LogP contribution in [0.25, 0.3) is 0 Å². The van der Waals surface area contributed by atoms with Crippen molar-refractivity contribution in [2.24, 2.45) is 11.3 Å². The van der Waals surface area contributed by atoms with Crippen molar-refractivity contribution in [1.82, 2.24) is 5.32 Å². The predicted octanol–water partition coefficient (Wildman–Crippen LogP) is 2.51. The van der Waals surface area contributed by atoms with Gasteiger partial charge in [-0.2, -0.15) is 13.2 Å². The Hall–Kier alpha value is -0.780. The lowest BCUT2D eigenvalue weighted by atomic mass is 9.85. The number of carbonyl (C=O) groups excluding carboxylic acids is 1. The first kappa shape index (κ1) is 15.3. The molecule has 3 nitrogen and oxygen atoms in total. The Labute approximate surface area is 105 Å². The first-order valence-corrected chi connectivity index (χ1v) is 6.07. The van der Waals surface area contributed by atoms with Crippen molar-refractivity contribution in [2.75, 3.05) is 13.2 Å². The van der Waals surface area contributed by atoms with Crippen LogP contribution in [-0.4, -0.2) is 31.3 Å². The average molecular weight is 267 g/mol. The highest BCUT2D eigenvalue weighted by molar-refractivity contribution is 5.79. The Morgan fingerprint density at radius 2 is 1.94 bits per heavy atom. The van der Waals surface area contributed by atoms with Crippen LogP contribution in [0.4, 0.5) is 13.2 Å². The van der Waals surface area contributed by atoms with Crippen molar-refractivity contribution in [3.63, 3.8) is 0 Å². The molecular weight excluding hydrogens is 247 g/mol. The Morgan fingerprint density at radius 3 is 2.33 bits per heavy atom. The molecule has 0 aromatic rings. The molecule has 0 aliphatic carbocycles. The van der Waals surface area contributed by atoms with Gasteiger partial charge in [-0.15, -0.1) is 0 Å². The third kappa shape index (κ3) is 4.15. The van der Waals surface area contributed by atoms with E-state index in [1.807, 2.05) is 0 Å². The molecule has 2 atom stereocenters. The van der Waals surface area contributed by atoms with Gasteiger partial charge in [0.05, 0.1) is 12.5 Å². The summed E-state index contributed by atoms with van der Waals surface area (Å²) in [5, 5.41) is 2.12.